The van der Waals surface area contributed by atoms with Crippen LogP contribution in [0.2, 0.25) is 0 Å². The summed E-state index contributed by atoms with van der Waals surface area (Å²) in [5.74, 6) is -0.0578. The molecule has 0 saturated heterocycles. The number of unbranched alkanes of at least 4 members (excludes halogenated alkanes) is 18. The van der Waals surface area contributed by atoms with E-state index in [-0.39, 0.29) is 35.0 Å². The molecule has 0 radical (unpaired) electrons. The molecule has 0 aliphatic heterocycles. The Kier molecular flexibility index (Phi) is 32.0. The van der Waals surface area contributed by atoms with Gasteiger partial charge in [-0.1, -0.05) is 276 Å². The molecule has 2 aliphatic rings. The first-order chi connectivity index (χ1) is 33.5. The zero-order valence-electron chi connectivity index (χ0n) is 47.3. The minimum Gasteiger partial charge on any atom is -0.462 e. The molecule has 4 nitrogen and oxygen atoms in total. The molecule has 0 saturated carbocycles. The number of hydrogen-bond acceptors (Lipinski definition) is 4. The molecule has 0 N–H and O–H groups in total. The maximum Gasteiger partial charge on any atom is 0.306 e. The predicted molar refractivity (Wildman–Crippen MR) is 305 cm³/mol. The van der Waals surface area contributed by atoms with Crippen molar-refractivity contribution in [2.24, 2.45) is 10.8 Å². The highest BCUT2D eigenvalue weighted by Gasteiger charge is 2.35. The normalized spacial score (nSPS) is 19.6. The van der Waals surface area contributed by atoms with Crippen LogP contribution in [-0.4, -0.2) is 24.1 Å². The Morgan fingerprint density at radius 1 is 0.443 bits per heavy atom. The monoisotopic (exact) mass is 961 g/mol. The fourth-order valence-corrected chi connectivity index (χ4v) is 10.2. The summed E-state index contributed by atoms with van der Waals surface area (Å²) in [5.41, 5.74) is 9.97. The van der Waals surface area contributed by atoms with Crippen LogP contribution < -0.4 is 0 Å². The van der Waals surface area contributed by atoms with E-state index in [0.29, 0.717) is 12.8 Å². The lowest BCUT2D eigenvalue weighted by atomic mass is 9.71. The van der Waals surface area contributed by atoms with Crippen molar-refractivity contribution in [2.75, 3.05) is 0 Å². The highest BCUT2D eigenvalue weighted by molar-refractivity contribution is 5.70. The second-order valence-electron chi connectivity index (χ2n) is 22.5. The van der Waals surface area contributed by atoms with Crippen molar-refractivity contribution in [3.05, 3.63) is 130 Å². The number of allylic oxidation sites excluding steroid dienone is 20. The van der Waals surface area contributed by atoms with Gasteiger partial charge >= 0.3 is 11.9 Å². The smallest absolute Gasteiger partial charge is 0.306 e. The van der Waals surface area contributed by atoms with Crippen molar-refractivity contribution in [3.8, 4) is 0 Å². The summed E-state index contributed by atoms with van der Waals surface area (Å²) < 4.78 is 12.0. The molecule has 0 amide bonds. The van der Waals surface area contributed by atoms with Gasteiger partial charge < -0.3 is 9.47 Å². The van der Waals surface area contributed by atoms with Gasteiger partial charge in [-0.25, -0.2) is 0 Å². The molecule has 0 aromatic heterocycles. The summed E-state index contributed by atoms with van der Waals surface area (Å²) >= 11 is 0. The molecule has 0 heterocycles. The number of hydrogen-bond donors (Lipinski definition) is 0. The number of rotatable bonds is 34. The van der Waals surface area contributed by atoms with Crippen LogP contribution >= 0.6 is 0 Å². The Hall–Kier alpha value is -3.92. The first-order valence-corrected chi connectivity index (χ1v) is 28.3. The van der Waals surface area contributed by atoms with Gasteiger partial charge in [0.05, 0.1) is 0 Å². The number of ether oxygens (including phenoxy) is 2. The molecule has 70 heavy (non-hydrogen) atoms. The van der Waals surface area contributed by atoms with Crippen molar-refractivity contribution >= 4 is 11.9 Å². The Morgan fingerprint density at radius 3 is 1.04 bits per heavy atom. The quantitative estimate of drug-likeness (QED) is 0.0366. The predicted octanol–water partition coefficient (Wildman–Crippen LogP) is 20.3. The largest absolute Gasteiger partial charge is 0.462 e. The van der Waals surface area contributed by atoms with E-state index in [1.807, 2.05) is 0 Å². The molecule has 2 unspecified atom stereocenters. The lowest BCUT2D eigenvalue weighted by Crippen LogP contribution is -2.31. The fourth-order valence-electron chi connectivity index (χ4n) is 10.2. The summed E-state index contributed by atoms with van der Waals surface area (Å²) in [6.45, 7) is 26.6. The van der Waals surface area contributed by atoms with Gasteiger partial charge in [-0.2, -0.15) is 0 Å². The highest BCUT2D eigenvalue weighted by Crippen LogP contribution is 2.43. The van der Waals surface area contributed by atoms with Gasteiger partial charge in [0, 0.05) is 25.7 Å². The van der Waals surface area contributed by atoms with Crippen LogP contribution in [0, 0.1) is 10.8 Å². The molecule has 0 bridgehead atoms. The number of carbonyl (C=O) groups is 2. The minimum absolute atomic E-state index is 0.0276. The lowest BCUT2D eigenvalue weighted by molar-refractivity contribution is -0.151. The van der Waals surface area contributed by atoms with Gasteiger partial charge in [0.15, 0.2) is 0 Å². The van der Waals surface area contributed by atoms with E-state index >= 15 is 0 Å². The maximum absolute atomic E-state index is 12.7. The molecular weight excluding hydrogens is 857 g/mol. The summed E-state index contributed by atoms with van der Waals surface area (Å²) in [6.07, 6.45) is 59.9. The van der Waals surface area contributed by atoms with E-state index in [9.17, 15) is 9.59 Å². The zero-order chi connectivity index (χ0) is 51.6. The third kappa shape index (κ3) is 28.2. The molecule has 2 rings (SSSR count). The molecule has 2 aliphatic carbocycles. The van der Waals surface area contributed by atoms with Crippen LogP contribution in [0.15, 0.2) is 130 Å². The Morgan fingerprint density at radius 2 is 0.729 bits per heavy atom. The SMILES string of the molecule is CCCCCCCCCCCCCC(=O)OC1CC(C)=C(C=CC(C)=CC=CC(C)=CC=CC=C(C)C=CC=C(C)C=CC2=C(C)CC(OC(=O)CCCCCCCCCCC)CC2(C)C)C(C)(C)C1. The first-order valence-electron chi connectivity index (χ1n) is 28.3. The summed E-state index contributed by atoms with van der Waals surface area (Å²) in [4.78, 5) is 25.4. The molecular formula is C66H104O4. The summed E-state index contributed by atoms with van der Waals surface area (Å²) in [7, 11) is 0. The molecule has 392 valence electrons. The third-order valence-electron chi connectivity index (χ3n) is 14.3. The van der Waals surface area contributed by atoms with Crippen LogP contribution in [0.25, 0.3) is 0 Å². The molecule has 0 fully saturated rings. The second kappa shape index (κ2) is 36.1. The average molecular weight is 962 g/mol. The van der Waals surface area contributed by atoms with Crippen molar-refractivity contribution in [1.82, 2.24) is 0 Å². The van der Waals surface area contributed by atoms with Crippen LogP contribution in [0.5, 0.6) is 0 Å². The Balaban J connectivity index is 1.78. The summed E-state index contributed by atoms with van der Waals surface area (Å²) in [6, 6.07) is 0. The van der Waals surface area contributed by atoms with Crippen molar-refractivity contribution in [1.29, 1.82) is 0 Å². The highest BCUT2D eigenvalue weighted by atomic mass is 16.5. The number of esters is 2. The van der Waals surface area contributed by atoms with E-state index in [2.05, 4.69) is 168 Å². The van der Waals surface area contributed by atoms with E-state index in [0.717, 1.165) is 51.4 Å². The Bertz CT molecular complexity index is 1890. The van der Waals surface area contributed by atoms with E-state index in [1.54, 1.807) is 0 Å². The van der Waals surface area contributed by atoms with Gasteiger partial charge in [0.1, 0.15) is 12.2 Å². The molecule has 2 atom stereocenters. The van der Waals surface area contributed by atoms with Crippen molar-refractivity contribution in [3.63, 3.8) is 0 Å². The van der Waals surface area contributed by atoms with Gasteiger partial charge in [0.2, 0.25) is 0 Å². The number of carbonyl (C=O) groups excluding carboxylic acids is 2. The van der Waals surface area contributed by atoms with E-state index < -0.39 is 0 Å². The van der Waals surface area contributed by atoms with Crippen LogP contribution in [0.4, 0.5) is 0 Å². The minimum atomic E-state index is -0.0557. The lowest BCUT2D eigenvalue weighted by Gasteiger charge is -2.37. The van der Waals surface area contributed by atoms with Crippen LogP contribution in [0.3, 0.4) is 0 Å². The molecule has 0 aromatic rings. The molecule has 0 spiro atoms. The Labute approximate surface area is 431 Å². The van der Waals surface area contributed by atoms with Crippen molar-refractivity contribution in [2.45, 2.75) is 262 Å². The molecule has 4 heteroatoms. The summed E-state index contributed by atoms with van der Waals surface area (Å²) in [5, 5.41) is 0. The second-order valence-corrected chi connectivity index (χ2v) is 22.5. The average Bonchev–Trinajstić information content (AvgIpc) is 3.28. The van der Waals surface area contributed by atoms with Gasteiger partial charge in [-0.3, -0.25) is 9.59 Å². The van der Waals surface area contributed by atoms with Crippen molar-refractivity contribution < 1.29 is 19.1 Å². The van der Waals surface area contributed by atoms with Gasteiger partial charge in [-0.05, 0) is 89.2 Å². The first kappa shape index (κ1) is 62.2. The zero-order valence-corrected chi connectivity index (χ0v) is 47.3. The van der Waals surface area contributed by atoms with Gasteiger partial charge in [0.25, 0.3) is 0 Å². The van der Waals surface area contributed by atoms with Crippen LogP contribution in [0.1, 0.15) is 250 Å². The van der Waals surface area contributed by atoms with Gasteiger partial charge in [-0.15, -0.1) is 0 Å². The van der Waals surface area contributed by atoms with Crippen LogP contribution in [-0.2, 0) is 19.1 Å². The topological polar surface area (TPSA) is 52.6 Å². The fraction of sp³-hybridized carbons (Fsp3) is 0.636. The molecule has 0 aromatic carbocycles. The van der Waals surface area contributed by atoms with E-state index in [4.69, 9.17) is 9.47 Å². The third-order valence-corrected chi connectivity index (χ3v) is 14.3. The maximum atomic E-state index is 12.7. The standard InChI is InChI=1S/C66H104O4/c1-13-15-17-19-21-23-24-26-28-30-32-44-64(68)70-60-50-58(8)62(66(11,12)52-60)48-46-56(6)42-36-40-54(4)38-34-33-37-53(3)39-35-41-55(5)45-47-61-57(7)49-59(51-65(61,9)10)69-63(67)43-31-29-27-25-22-20-18-16-14-2/h33-42,45-48,59-60H,13-32,43-44,49-52H2,1-12H3. The van der Waals surface area contributed by atoms with E-state index in [1.165, 1.54) is 147 Å².